The number of aliphatic carboxylic acids is 2. The van der Waals surface area contributed by atoms with Crippen molar-refractivity contribution in [2.24, 2.45) is 5.41 Å². The van der Waals surface area contributed by atoms with E-state index in [4.69, 9.17) is 10.2 Å². The van der Waals surface area contributed by atoms with Crippen molar-refractivity contribution >= 4 is 11.9 Å². The molecule has 0 heterocycles. The Morgan fingerprint density at radius 2 is 1.83 bits per heavy atom. The van der Waals surface area contributed by atoms with Crippen molar-refractivity contribution in [1.82, 2.24) is 0 Å². The Morgan fingerprint density at radius 1 is 1.22 bits per heavy atom. The largest absolute Gasteiger partial charge is 0.481 e. The summed E-state index contributed by atoms with van der Waals surface area (Å²) >= 11 is 0. The molecule has 0 aliphatic heterocycles. The molecule has 0 aromatic rings. The highest BCUT2D eigenvalue weighted by Gasteiger charge is 2.34. The van der Waals surface area contributed by atoms with Crippen LogP contribution < -0.4 is 0 Å². The van der Waals surface area contributed by atoms with E-state index >= 15 is 0 Å². The van der Waals surface area contributed by atoms with Crippen LogP contribution >= 0.6 is 0 Å². The second-order valence-electron chi connectivity index (χ2n) is 4.66. The molecular weight excluding hydrogens is 232 g/mol. The van der Waals surface area contributed by atoms with Gasteiger partial charge in [0.05, 0.1) is 5.41 Å². The highest BCUT2D eigenvalue weighted by molar-refractivity contribution is 5.90. The summed E-state index contributed by atoms with van der Waals surface area (Å²) in [5, 5.41) is 17.5. The molecule has 1 atom stereocenters. The fourth-order valence-electron chi connectivity index (χ4n) is 1.77. The maximum absolute atomic E-state index is 10.8. The van der Waals surface area contributed by atoms with E-state index in [1.54, 1.807) is 0 Å². The molecule has 1 unspecified atom stereocenters. The maximum Gasteiger partial charge on any atom is 0.331 e. The Labute approximate surface area is 106 Å². The summed E-state index contributed by atoms with van der Waals surface area (Å²) in [6, 6.07) is 0. The quantitative estimate of drug-likeness (QED) is 0.739. The Hall–Kier alpha value is -1.84. The molecule has 0 saturated heterocycles. The predicted molar refractivity (Wildman–Crippen MR) is 68.2 cm³/mol. The topological polar surface area (TPSA) is 74.6 Å². The van der Waals surface area contributed by atoms with Crippen LogP contribution in [0.3, 0.4) is 0 Å². The lowest BCUT2D eigenvalue weighted by atomic mass is 9.80. The Balaban J connectivity index is 0.000000269. The van der Waals surface area contributed by atoms with Crippen LogP contribution in [-0.2, 0) is 9.59 Å². The molecule has 2 N–H and O–H groups in total. The molecule has 98 valence electrons. The highest BCUT2D eigenvalue weighted by Crippen LogP contribution is 2.31. The van der Waals surface area contributed by atoms with Gasteiger partial charge >= 0.3 is 11.9 Å². The van der Waals surface area contributed by atoms with Crippen molar-refractivity contribution in [1.29, 1.82) is 0 Å². The van der Waals surface area contributed by atoms with Gasteiger partial charge in [-0.15, -0.1) is 0 Å². The molecular formula is C14H18O4. The van der Waals surface area contributed by atoms with Gasteiger partial charge in [-0.3, -0.25) is 4.79 Å². The van der Waals surface area contributed by atoms with Gasteiger partial charge < -0.3 is 10.2 Å². The van der Waals surface area contributed by atoms with Crippen LogP contribution in [0.1, 0.15) is 32.6 Å². The second kappa shape index (κ2) is 6.19. The van der Waals surface area contributed by atoms with Gasteiger partial charge in [0, 0.05) is 5.57 Å². The fraction of sp³-hybridized carbons (Fsp3) is 0.429. The third-order valence-corrected chi connectivity index (χ3v) is 2.99. The molecule has 2 aliphatic carbocycles. The maximum atomic E-state index is 10.8. The predicted octanol–water partition coefficient (Wildman–Crippen LogP) is 2.77. The highest BCUT2D eigenvalue weighted by atomic mass is 16.4. The SMILES string of the molecule is C1=CCCC1.CC1(C(=O)O)C=CC=C(C(=O)O)C1. The van der Waals surface area contributed by atoms with Crippen LogP contribution in [-0.4, -0.2) is 22.2 Å². The van der Waals surface area contributed by atoms with Crippen LogP contribution in [0, 0.1) is 5.41 Å². The molecule has 0 aromatic carbocycles. The van der Waals surface area contributed by atoms with E-state index in [0.717, 1.165) is 0 Å². The van der Waals surface area contributed by atoms with E-state index in [-0.39, 0.29) is 12.0 Å². The average molecular weight is 250 g/mol. The van der Waals surface area contributed by atoms with Crippen molar-refractivity contribution in [3.05, 3.63) is 36.0 Å². The van der Waals surface area contributed by atoms with Gasteiger partial charge in [-0.1, -0.05) is 30.4 Å². The third kappa shape index (κ3) is 3.87. The molecule has 0 amide bonds. The lowest BCUT2D eigenvalue weighted by Gasteiger charge is -2.23. The van der Waals surface area contributed by atoms with Gasteiger partial charge in [0.1, 0.15) is 0 Å². The fourth-order valence-corrected chi connectivity index (χ4v) is 1.77. The van der Waals surface area contributed by atoms with Crippen molar-refractivity contribution < 1.29 is 19.8 Å². The summed E-state index contributed by atoms with van der Waals surface area (Å²) in [4.78, 5) is 21.3. The Bertz CT molecular complexity index is 412. The standard InChI is InChI=1S/C9H10O4.C5H8/c1-9(8(12)13)4-2-3-6(5-9)7(10)11;1-2-4-5-3-1/h2-4H,5H2,1H3,(H,10,11)(H,12,13);1-2H,3-5H2. The van der Waals surface area contributed by atoms with Crippen LogP contribution in [0.4, 0.5) is 0 Å². The first-order chi connectivity index (χ1) is 8.46. The van der Waals surface area contributed by atoms with Crippen molar-refractivity contribution in [2.45, 2.75) is 32.6 Å². The summed E-state index contributed by atoms with van der Waals surface area (Å²) in [5.41, 5.74) is -0.949. The molecule has 0 fully saturated rings. The van der Waals surface area contributed by atoms with E-state index in [9.17, 15) is 9.59 Å². The van der Waals surface area contributed by atoms with Crippen LogP contribution in [0.5, 0.6) is 0 Å². The molecule has 0 radical (unpaired) electrons. The van der Waals surface area contributed by atoms with E-state index in [1.807, 2.05) is 0 Å². The monoisotopic (exact) mass is 250 g/mol. The van der Waals surface area contributed by atoms with Gasteiger partial charge in [-0.25, -0.2) is 4.79 Å². The first-order valence-electron chi connectivity index (χ1n) is 5.96. The lowest BCUT2D eigenvalue weighted by Crippen LogP contribution is -2.28. The zero-order chi connectivity index (χ0) is 13.6. The minimum atomic E-state index is -1.08. The molecule has 0 saturated carbocycles. The third-order valence-electron chi connectivity index (χ3n) is 2.99. The number of carboxylic acids is 2. The Kier molecular flexibility index (Phi) is 4.89. The van der Waals surface area contributed by atoms with Gasteiger partial charge in [-0.2, -0.15) is 0 Å². The van der Waals surface area contributed by atoms with Crippen molar-refractivity contribution in [3.8, 4) is 0 Å². The Morgan fingerprint density at radius 3 is 2.22 bits per heavy atom. The summed E-state index contributed by atoms with van der Waals surface area (Å²) in [5.74, 6) is -2.06. The van der Waals surface area contributed by atoms with Crippen LogP contribution in [0.25, 0.3) is 0 Å². The van der Waals surface area contributed by atoms with Crippen LogP contribution in [0.2, 0.25) is 0 Å². The van der Waals surface area contributed by atoms with Gasteiger partial charge in [0.15, 0.2) is 0 Å². The molecule has 0 spiro atoms. The summed E-state index contributed by atoms with van der Waals surface area (Å²) in [7, 11) is 0. The first-order valence-corrected chi connectivity index (χ1v) is 5.96. The number of carboxylic acid groups (broad SMARTS) is 2. The molecule has 2 rings (SSSR count). The van der Waals surface area contributed by atoms with E-state index in [1.165, 1.54) is 44.4 Å². The van der Waals surface area contributed by atoms with E-state index in [0.29, 0.717) is 0 Å². The second-order valence-corrected chi connectivity index (χ2v) is 4.66. The average Bonchev–Trinajstić information content (AvgIpc) is 2.87. The van der Waals surface area contributed by atoms with Crippen molar-refractivity contribution in [3.63, 3.8) is 0 Å². The van der Waals surface area contributed by atoms with Crippen LogP contribution in [0.15, 0.2) is 36.0 Å². The zero-order valence-electron chi connectivity index (χ0n) is 10.4. The summed E-state index contributed by atoms with van der Waals surface area (Å²) < 4.78 is 0. The lowest BCUT2D eigenvalue weighted by molar-refractivity contribution is -0.145. The van der Waals surface area contributed by atoms with Gasteiger partial charge in [0.25, 0.3) is 0 Å². The molecule has 4 heteroatoms. The number of hydrogen-bond acceptors (Lipinski definition) is 2. The summed E-state index contributed by atoms with van der Waals surface area (Å²) in [6.07, 6.45) is 12.9. The number of hydrogen-bond donors (Lipinski definition) is 2. The molecule has 18 heavy (non-hydrogen) atoms. The molecule has 2 aliphatic rings. The van der Waals surface area contributed by atoms with Gasteiger partial charge in [-0.05, 0) is 32.6 Å². The minimum Gasteiger partial charge on any atom is -0.481 e. The van der Waals surface area contributed by atoms with E-state index in [2.05, 4.69) is 12.2 Å². The van der Waals surface area contributed by atoms with Gasteiger partial charge in [0.2, 0.25) is 0 Å². The smallest absolute Gasteiger partial charge is 0.331 e. The zero-order valence-corrected chi connectivity index (χ0v) is 10.4. The normalized spacial score (nSPS) is 25.1. The number of rotatable bonds is 2. The molecule has 0 bridgehead atoms. The summed E-state index contributed by atoms with van der Waals surface area (Å²) in [6.45, 7) is 1.50. The first kappa shape index (κ1) is 14.2. The number of allylic oxidation sites excluding steroid dienone is 4. The minimum absolute atomic E-state index is 0.0359. The molecule has 4 nitrogen and oxygen atoms in total. The van der Waals surface area contributed by atoms with E-state index < -0.39 is 17.4 Å². The molecule has 0 aromatic heterocycles. The number of carbonyl (C=O) groups is 2. The van der Waals surface area contributed by atoms with Crippen molar-refractivity contribution in [2.75, 3.05) is 0 Å².